The number of carboxylic acid groups (broad SMARTS) is 1. The number of halogens is 5. The van der Waals surface area contributed by atoms with E-state index in [0.717, 1.165) is 25.3 Å². The lowest BCUT2D eigenvalue weighted by molar-refractivity contribution is 0.0686. The zero-order valence-corrected chi connectivity index (χ0v) is 16.3. The van der Waals surface area contributed by atoms with Crippen LogP contribution in [0.2, 0.25) is 0 Å². The Morgan fingerprint density at radius 2 is 1.57 bits per heavy atom. The highest BCUT2D eigenvalue weighted by molar-refractivity contribution is 5.91. The van der Waals surface area contributed by atoms with Gasteiger partial charge in [-0.3, -0.25) is 0 Å². The van der Waals surface area contributed by atoms with E-state index in [2.05, 4.69) is 12.2 Å². The third kappa shape index (κ3) is 4.25. The molecule has 1 aliphatic rings. The van der Waals surface area contributed by atoms with Crippen molar-refractivity contribution in [3.8, 4) is 11.1 Å². The summed E-state index contributed by atoms with van der Waals surface area (Å²) in [5.74, 6) is -9.30. The van der Waals surface area contributed by atoms with E-state index < -0.39 is 46.2 Å². The molecule has 0 saturated heterocycles. The Balaban J connectivity index is 2.12. The van der Waals surface area contributed by atoms with Gasteiger partial charge in [0.2, 0.25) is 0 Å². The second-order valence-corrected chi connectivity index (χ2v) is 7.52. The maximum atomic E-state index is 15.1. The number of allylic oxidation sites excluding steroid dienone is 2. The number of aromatic carboxylic acids is 1. The minimum atomic E-state index is -1.84. The summed E-state index contributed by atoms with van der Waals surface area (Å²) in [5.41, 5.74) is -1.84. The van der Waals surface area contributed by atoms with E-state index in [4.69, 9.17) is 0 Å². The average Bonchev–Trinajstić information content (AvgIpc) is 2.69. The van der Waals surface area contributed by atoms with Gasteiger partial charge in [0.1, 0.15) is 17.2 Å². The first-order valence-corrected chi connectivity index (χ1v) is 9.81. The standard InChI is InChI=1S/C23H21F5O2/c1-2-3-4-12-5-7-13(8-6-12)15-11-16(24)20(23(29)30)22(28)19(15)14-9-17(25)21(27)18(26)10-14/h3-4,9-13H,2,5-8H2,1H3,(H,29,30)/b4-3+/t12-,13-. The maximum Gasteiger partial charge on any atom is 0.341 e. The number of hydrogen-bond acceptors (Lipinski definition) is 1. The van der Waals surface area contributed by atoms with E-state index in [1.54, 1.807) is 0 Å². The van der Waals surface area contributed by atoms with Gasteiger partial charge in [0.05, 0.1) is 0 Å². The molecule has 0 bridgehead atoms. The number of carboxylic acids is 1. The van der Waals surface area contributed by atoms with Gasteiger partial charge >= 0.3 is 5.97 Å². The molecule has 7 heteroatoms. The monoisotopic (exact) mass is 424 g/mol. The number of hydrogen-bond donors (Lipinski definition) is 1. The van der Waals surface area contributed by atoms with Crippen LogP contribution in [0.4, 0.5) is 22.0 Å². The Kier molecular flexibility index (Phi) is 6.58. The van der Waals surface area contributed by atoms with Gasteiger partial charge in [-0.25, -0.2) is 26.7 Å². The fraction of sp³-hybridized carbons (Fsp3) is 0.348. The number of benzene rings is 2. The fourth-order valence-electron chi connectivity index (χ4n) is 4.10. The lowest BCUT2D eigenvalue weighted by Crippen LogP contribution is -2.16. The van der Waals surface area contributed by atoms with Crippen LogP contribution in [0.25, 0.3) is 11.1 Å². The minimum absolute atomic E-state index is 0.137. The molecule has 0 radical (unpaired) electrons. The van der Waals surface area contributed by atoms with Gasteiger partial charge in [0.15, 0.2) is 17.5 Å². The third-order valence-electron chi connectivity index (χ3n) is 5.59. The summed E-state index contributed by atoms with van der Waals surface area (Å²) in [6, 6.07) is 2.12. The van der Waals surface area contributed by atoms with Crippen LogP contribution >= 0.6 is 0 Å². The van der Waals surface area contributed by atoms with Crippen LogP contribution in [0.1, 0.15) is 60.9 Å². The zero-order chi connectivity index (χ0) is 22.0. The number of rotatable bonds is 5. The fourth-order valence-corrected chi connectivity index (χ4v) is 4.10. The topological polar surface area (TPSA) is 37.3 Å². The van der Waals surface area contributed by atoms with Crippen molar-refractivity contribution in [2.45, 2.75) is 44.9 Å². The van der Waals surface area contributed by atoms with Crippen molar-refractivity contribution in [2.24, 2.45) is 5.92 Å². The molecule has 2 aromatic rings. The number of carbonyl (C=O) groups is 1. The molecule has 0 atom stereocenters. The van der Waals surface area contributed by atoms with E-state index in [-0.39, 0.29) is 17.0 Å². The molecular formula is C23H21F5O2. The molecule has 0 unspecified atom stereocenters. The van der Waals surface area contributed by atoms with Crippen molar-refractivity contribution >= 4 is 5.97 Å². The smallest absolute Gasteiger partial charge is 0.341 e. The van der Waals surface area contributed by atoms with E-state index in [9.17, 15) is 27.5 Å². The molecule has 30 heavy (non-hydrogen) atoms. The average molecular weight is 424 g/mol. The highest BCUT2D eigenvalue weighted by Gasteiger charge is 2.30. The highest BCUT2D eigenvalue weighted by Crippen LogP contribution is 2.43. The zero-order valence-electron chi connectivity index (χ0n) is 16.3. The van der Waals surface area contributed by atoms with Crippen molar-refractivity contribution in [3.05, 3.63) is 70.6 Å². The largest absolute Gasteiger partial charge is 0.477 e. The molecule has 1 fully saturated rings. The predicted octanol–water partition coefficient (Wildman–Crippen LogP) is 6.99. The summed E-state index contributed by atoms with van der Waals surface area (Å²) in [4.78, 5) is 11.3. The summed E-state index contributed by atoms with van der Waals surface area (Å²) in [6.45, 7) is 2.02. The first kappa shape index (κ1) is 22.0. The molecule has 0 aliphatic heterocycles. The second kappa shape index (κ2) is 8.98. The molecule has 3 rings (SSSR count). The first-order valence-electron chi connectivity index (χ1n) is 9.81. The van der Waals surface area contributed by atoms with Crippen LogP contribution in [0.15, 0.2) is 30.4 Å². The molecule has 1 N–H and O–H groups in total. The summed E-state index contributed by atoms with van der Waals surface area (Å²) in [5, 5.41) is 9.19. The van der Waals surface area contributed by atoms with Crippen LogP contribution in [-0.4, -0.2) is 11.1 Å². The minimum Gasteiger partial charge on any atom is -0.477 e. The first-order chi connectivity index (χ1) is 14.2. The molecule has 0 aromatic heterocycles. The van der Waals surface area contributed by atoms with Crippen molar-refractivity contribution in [1.82, 2.24) is 0 Å². The molecule has 0 spiro atoms. The second-order valence-electron chi connectivity index (χ2n) is 7.52. The third-order valence-corrected chi connectivity index (χ3v) is 5.59. The van der Waals surface area contributed by atoms with Gasteiger partial charge in [0.25, 0.3) is 0 Å². The van der Waals surface area contributed by atoms with Crippen molar-refractivity contribution < 1.29 is 31.9 Å². The van der Waals surface area contributed by atoms with Gasteiger partial charge in [0, 0.05) is 5.56 Å². The van der Waals surface area contributed by atoms with Crippen LogP contribution in [-0.2, 0) is 0 Å². The normalized spacial score (nSPS) is 19.4. The molecular weight excluding hydrogens is 403 g/mol. The quantitative estimate of drug-likeness (QED) is 0.319. The highest BCUT2D eigenvalue weighted by atomic mass is 19.2. The SMILES string of the molecule is CC/C=C/[C@H]1CC[C@H](c2cc(F)c(C(=O)O)c(F)c2-c2cc(F)c(F)c(F)c2)CC1. The maximum absolute atomic E-state index is 15.1. The summed E-state index contributed by atoms with van der Waals surface area (Å²) in [7, 11) is 0. The van der Waals surface area contributed by atoms with Crippen LogP contribution in [0, 0.1) is 35.0 Å². The Morgan fingerprint density at radius 1 is 0.967 bits per heavy atom. The van der Waals surface area contributed by atoms with E-state index in [1.807, 2.05) is 6.92 Å². The van der Waals surface area contributed by atoms with Gasteiger partial charge < -0.3 is 5.11 Å². The van der Waals surface area contributed by atoms with E-state index in [0.29, 0.717) is 30.9 Å². The Bertz CT molecular complexity index is 969. The van der Waals surface area contributed by atoms with Gasteiger partial charge in [-0.05, 0) is 73.3 Å². The molecule has 160 valence electrons. The lowest BCUT2D eigenvalue weighted by Gasteiger charge is -2.29. The van der Waals surface area contributed by atoms with Crippen molar-refractivity contribution in [1.29, 1.82) is 0 Å². The summed E-state index contributed by atoms with van der Waals surface area (Å²) >= 11 is 0. The van der Waals surface area contributed by atoms with E-state index >= 15 is 4.39 Å². The Morgan fingerprint density at radius 3 is 2.10 bits per heavy atom. The molecule has 0 heterocycles. The predicted molar refractivity (Wildman–Crippen MR) is 103 cm³/mol. The summed E-state index contributed by atoms with van der Waals surface area (Å²) in [6.07, 6.45) is 7.73. The van der Waals surface area contributed by atoms with Gasteiger partial charge in [-0.1, -0.05) is 19.1 Å². The van der Waals surface area contributed by atoms with Crippen LogP contribution < -0.4 is 0 Å². The van der Waals surface area contributed by atoms with Crippen molar-refractivity contribution in [2.75, 3.05) is 0 Å². The van der Waals surface area contributed by atoms with E-state index in [1.165, 1.54) is 0 Å². The van der Waals surface area contributed by atoms with Gasteiger partial charge in [-0.15, -0.1) is 0 Å². The molecule has 1 aliphatic carbocycles. The Labute approximate surface area is 171 Å². The van der Waals surface area contributed by atoms with Gasteiger partial charge in [-0.2, -0.15) is 0 Å². The van der Waals surface area contributed by atoms with Crippen LogP contribution in [0.5, 0.6) is 0 Å². The molecule has 1 saturated carbocycles. The molecule has 0 amide bonds. The molecule has 2 aromatic carbocycles. The molecule has 2 nitrogen and oxygen atoms in total. The van der Waals surface area contributed by atoms with Crippen LogP contribution in [0.3, 0.4) is 0 Å². The van der Waals surface area contributed by atoms with Crippen molar-refractivity contribution in [3.63, 3.8) is 0 Å². The Hall–Kier alpha value is -2.70. The lowest BCUT2D eigenvalue weighted by atomic mass is 9.76. The summed E-state index contributed by atoms with van der Waals surface area (Å²) < 4.78 is 70.6.